The van der Waals surface area contributed by atoms with Crippen molar-refractivity contribution in [1.29, 1.82) is 0 Å². The van der Waals surface area contributed by atoms with E-state index in [0.717, 1.165) is 17.0 Å². The lowest BCUT2D eigenvalue weighted by molar-refractivity contribution is -0.140. The van der Waals surface area contributed by atoms with Gasteiger partial charge in [-0.3, -0.25) is 13.9 Å². The maximum atomic E-state index is 14.2. The number of para-hydroxylation sites is 1. The number of halogens is 2. The van der Waals surface area contributed by atoms with Crippen LogP contribution in [-0.2, 0) is 26.2 Å². The number of rotatable bonds is 12. The van der Waals surface area contributed by atoms with E-state index in [0.29, 0.717) is 17.1 Å². The van der Waals surface area contributed by atoms with Crippen molar-refractivity contribution >= 4 is 39.1 Å². The lowest BCUT2D eigenvalue weighted by Crippen LogP contribution is -2.48. The first-order valence-electron chi connectivity index (χ1n) is 11.1. The molecular formula is C24H31ClFN3O4S. The van der Waals surface area contributed by atoms with E-state index in [1.54, 1.807) is 37.3 Å². The van der Waals surface area contributed by atoms with Gasteiger partial charge in [-0.15, -0.1) is 0 Å². The van der Waals surface area contributed by atoms with Crippen molar-refractivity contribution < 1.29 is 22.4 Å². The summed E-state index contributed by atoms with van der Waals surface area (Å²) in [7, 11) is -3.77. The molecule has 2 amide bonds. The van der Waals surface area contributed by atoms with Gasteiger partial charge in [0, 0.05) is 31.1 Å². The molecule has 186 valence electrons. The molecule has 0 radical (unpaired) electrons. The molecule has 0 aromatic heterocycles. The van der Waals surface area contributed by atoms with Crippen molar-refractivity contribution in [3.8, 4) is 0 Å². The minimum atomic E-state index is -3.77. The number of carbonyl (C=O) groups excluding carboxylic acids is 2. The third-order valence-electron chi connectivity index (χ3n) is 5.29. The van der Waals surface area contributed by atoms with Crippen LogP contribution < -0.4 is 9.62 Å². The van der Waals surface area contributed by atoms with Crippen molar-refractivity contribution in [2.75, 3.05) is 23.7 Å². The van der Waals surface area contributed by atoms with Crippen LogP contribution in [0.1, 0.15) is 38.7 Å². The third-order valence-corrected chi connectivity index (χ3v) is 6.84. The van der Waals surface area contributed by atoms with E-state index < -0.39 is 21.9 Å². The first-order valence-corrected chi connectivity index (χ1v) is 13.3. The molecule has 1 atom stereocenters. The first-order chi connectivity index (χ1) is 16.1. The van der Waals surface area contributed by atoms with Crippen molar-refractivity contribution in [2.24, 2.45) is 0 Å². The fourth-order valence-corrected chi connectivity index (χ4v) is 4.59. The van der Waals surface area contributed by atoms with Crippen LogP contribution in [0.4, 0.5) is 10.1 Å². The van der Waals surface area contributed by atoms with Gasteiger partial charge in [-0.1, -0.05) is 48.9 Å². The molecule has 2 aromatic rings. The Balaban J connectivity index is 2.17. The minimum absolute atomic E-state index is 0.0314. The summed E-state index contributed by atoms with van der Waals surface area (Å²) in [6.07, 6.45) is 1.86. The van der Waals surface area contributed by atoms with Crippen LogP contribution in [-0.4, -0.2) is 50.5 Å². The van der Waals surface area contributed by atoms with Crippen LogP contribution in [0.2, 0.25) is 5.02 Å². The number of nitrogens with zero attached hydrogens (tertiary/aromatic N) is 2. The fourth-order valence-electron chi connectivity index (χ4n) is 3.43. The molecule has 10 heteroatoms. The Morgan fingerprint density at radius 3 is 2.38 bits per heavy atom. The van der Waals surface area contributed by atoms with E-state index in [2.05, 4.69) is 5.32 Å². The quantitative estimate of drug-likeness (QED) is 0.467. The largest absolute Gasteiger partial charge is 0.354 e. The SMILES string of the molecule is CCCNC(=O)C(C)N(Cc1ccccc1Cl)C(=O)CCCN(c1ccccc1F)S(C)(=O)=O. The van der Waals surface area contributed by atoms with Gasteiger partial charge in [0.1, 0.15) is 11.9 Å². The highest BCUT2D eigenvalue weighted by Gasteiger charge is 2.27. The van der Waals surface area contributed by atoms with E-state index in [1.165, 1.54) is 23.1 Å². The minimum Gasteiger partial charge on any atom is -0.354 e. The number of anilines is 1. The van der Waals surface area contributed by atoms with Crippen LogP contribution in [0, 0.1) is 5.82 Å². The molecule has 0 aliphatic carbocycles. The van der Waals surface area contributed by atoms with Crippen molar-refractivity contribution in [3.63, 3.8) is 0 Å². The summed E-state index contributed by atoms with van der Waals surface area (Å²) >= 11 is 6.27. The maximum Gasteiger partial charge on any atom is 0.242 e. The van der Waals surface area contributed by atoms with Gasteiger partial charge < -0.3 is 10.2 Å². The topological polar surface area (TPSA) is 86.8 Å². The van der Waals surface area contributed by atoms with Gasteiger partial charge in [0.2, 0.25) is 21.8 Å². The normalized spacial score (nSPS) is 12.1. The van der Waals surface area contributed by atoms with Crippen molar-refractivity contribution in [3.05, 3.63) is 64.9 Å². The number of hydrogen-bond donors (Lipinski definition) is 1. The predicted octanol–water partition coefficient (Wildman–Crippen LogP) is 3.97. The van der Waals surface area contributed by atoms with Crippen molar-refractivity contribution in [1.82, 2.24) is 10.2 Å². The Labute approximate surface area is 205 Å². The number of amides is 2. The average Bonchev–Trinajstić information content (AvgIpc) is 2.79. The van der Waals surface area contributed by atoms with Gasteiger partial charge in [0.05, 0.1) is 11.9 Å². The van der Waals surface area contributed by atoms with E-state index in [4.69, 9.17) is 11.6 Å². The Bertz CT molecular complexity index is 1100. The molecule has 1 unspecified atom stereocenters. The maximum absolute atomic E-state index is 14.2. The van der Waals surface area contributed by atoms with Gasteiger partial charge in [-0.25, -0.2) is 12.8 Å². The summed E-state index contributed by atoms with van der Waals surface area (Å²) in [5.74, 6) is -1.28. The van der Waals surface area contributed by atoms with Gasteiger partial charge >= 0.3 is 0 Å². The Hall–Kier alpha value is -2.65. The highest BCUT2D eigenvalue weighted by molar-refractivity contribution is 7.92. The zero-order valence-corrected chi connectivity index (χ0v) is 21.2. The van der Waals surface area contributed by atoms with Gasteiger partial charge in [-0.05, 0) is 43.5 Å². The number of carbonyl (C=O) groups is 2. The van der Waals surface area contributed by atoms with Crippen LogP contribution in [0.15, 0.2) is 48.5 Å². The first kappa shape index (κ1) is 27.6. The summed E-state index contributed by atoms with van der Waals surface area (Å²) < 4.78 is 39.7. The summed E-state index contributed by atoms with van der Waals surface area (Å²) in [4.78, 5) is 27.2. The molecule has 7 nitrogen and oxygen atoms in total. The molecule has 0 aliphatic rings. The Kier molecular flexibility index (Phi) is 10.3. The molecule has 0 spiro atoms. The molecule has 2 rings (SSSR count). The molecule has 0 fully saturated rings. The summed E-state index contributed by atoms with van der Waals surface area (Å²) in [5.41, 5.74) is 0.620. The molecular weight excluding hydrogens is 481 g/mol. The second-order valence-electron chi connectivity index (χ2n) is 7.97. The predicted molar refractivity (Wildman–Crippen MR) is 133 cm³/mol. The standard InChI is InChI=1S/C24H31ClFN3O4S/c1-4-15-27-24(31)18(2)28(17-19-10-5-6-11-20(19)25)23(30)14-9-16-29(34(3,32)33)22-13-8-7-12-21(22)26/h5-8,10-13,18H,4,9,14-17H2,1-3H3,(H,27,31). The van der Waals surface area contributed by atoms with Crippen LogP contribution >= 0.6 is 11.6 Å². The number of benzene rings is 2. The zero-order valence-electron chi connectivity index (χ0n) is 19.6. The molecule has 0 heterocycles. The zero-order chi connectivity index (χ0) is 25.3. The van der Waals surface area contributed by atoms with Crippen LogP contribution in [0.5, 0.6) is 0 Å². The molecule has 0 saturated carbocycles. The molecule has 2 aromatic carbocycles. The van der Waals surface area contributed by atoms with E-state index in [9.17, 15) is 22.4 Å². The third kappa shape index (κ3) is 7.70. The highest BCUT2D eigenvalue weighted by atomic mass is 35.5. The summed E-state index contributed by atoms with van der Waals surface area (Å²) in [6, 6.07) is 11.9. The number of sulfonamides is 1. The molecule has 0 bridgehead atoms. The number of hydrogen-bond acceptors (Lipinski definition) is 4. The molecule has 34 heavy (non-hydrogen) atoms. The summed E-state index contributed by atoms with van der Waals surface area (Å²) in [6.45, 7) is 4.11. The lowest BCUT2D eigenvalue weighted by Gasteiger charge is -2.29. The van der Waals surface area contributed by atoms with Crippen LogP contribution in [0.3, 0.4) is 0 Å². The van der Waals surface area contributed by atoms with Gasteiger partial charge in [0.15, 0.2) is 0 Å². The van der Waals surface area contributed by atoms with Gasteiger partial charge in [0.25, 0.3) is 0 Å². The molecule has 1 N–H and O–H groups in total. The Morgan fingerprint density at radius 2 is 1.76 bits per heavy atom. The monoisotopic (exact) mass is 511 g/mol. The van der Waals surface area contributed by atoms with Gasteiger partial charge in [-0.2, -0.15) is 0 Å². The van der Waals surface area contributed by atoms with Crippen LogP contribution in [0.25, 0.3) is 0 Å². The second-order valence-corrected chi connectivity index (χ2v) is 10.3. The average molecular weight is 512 g/mol. The van der Waals surface area contributed by atoms with E-state index in [1.807, 2.05) is 6.92 Å². The van der Waals surface area contributed by atoms with E-state index >= 15 is 0 Å². The lowest BCUT2D eigenvalue weighted by atomic mass is 10.1. The fraction of sp³-hybridized carbons (Fsp3) is 0.417. The smallest absolute Gasteiger partial charge is 0.242 e. The molecule has 0 aliphatic heterocycles. The number of nitrogens with one attached hydrogen (secondary N) is 1. The second kappa shape index (κ2) is 12.7. The van der Waals surface area contributed by atoms with Crippen molar-refractivity contribution in [2.45, 2.75) is 45.7 Å². The highest BCUT2D eigenvalue weighted by Crippen LogP contribution is 2.23. The van der Waals surface area contributed by atoms with E-state index in [-0.39, 0.29) is 43.4 Å². The molecule has 0 saturated heterocycles. The summed E-state index contributed by atoms with van der Waals surface area (Å²) in [5, 5.41) is 3.27. The Morgan fingerprint density at radius 1 is 1.12 bits per heavy atom.